The van der Waals surface area contributed by atoms with Crippen molar-refractivity contribution in [1.82, 2.24) is 5.32 Å². The molecule has 1 aliphatic rings. The number of nitrogens with one attached hydrogen (secondary N) is 1. The van der Waals surface area contributed by atoms with E-state index in [2.05, 4.69) is 24.4 Å². The third kappa shape index (κ3) is 5.38. The van der Waals surface area contributed by atoms with Crippen LogP contribution < -0.4 is 5.32 Å². The van der Waals surface area contributed by atoms with Gasteiger partial charge in [0.25, 0.3) is 0 Å². The number of ether oxygens (including phenoxy) is 1. The van der Waals surface area contributed by atoms with Crippen LogP contribution in [0.5, 0.6) is 0 Å². The van der Waals surface area contributed by atoms with Gasteiger partial charge in [-0.1, -0.05) is 57.0 Å². The summed E-state index contributed by atoms with van der Waals surface area (Å²) in [6, 6.07) is 9.94. The van der Waals surface area contributed by atoms with E-state index < -0.39 is 0 Å². The minimum Gasteiger partial charge on any atom is -0.460 e. The zero-order valence-corrected chi connectivity index (χ0v) is 14.1. The highest BCUT2D eigenvalue weighted by molar-refractivity contribution is 5.80. The maximum Gasteiger partial charge on any atom is 0.308 e. The molecule has 0 radical (unpaired) electrons. The number of carbonyl (C=O) groups is 2. The molecular formula is C19H27NO3. The van der Waals surface area contributed by atoms with Gasteiger partial charge in [-0.3, -0.25) is 9.59 Å². The molecule has 3 atom stereocenters. The highest BCUT2D eigenvalue weighted by Gasteiger charge is 2.36. The topological polar surface area (TPSA) is 55.4 Å². The number of aryl methyl sites for hydroxylation is 1. The van der Waals surface area contributed by atoms with Crippen LogP contribution in [0.4, 0.5) is 0 Å². The summed E-state index contributed by atoms with van der Waals surface area (Å²) in [4.78, 5) is 23.9. The lowest BCUT2D eigenvalue weighted by molar-refractivity contribution is -0.141. The highest BCUT2D eigenvalue weighted by atomic mass is 16.6. The highest BCUT2D eigenvalue weighted by Crippen LogP contribution is 2.21. The number of esters is 1. The van der Waals surface area contributed by atoms with Crippen LogP contribution in [-0.4, -0.2) is 24.0 Å². The average Bonchev–Trinajstić information content (AvgIpc) is 2.91. The second kappa shape index (κ2) is 8.70. The minimum absolute atomic E-state index is 0.0135. The van der Waals surface area contributed by atoms with Gasteiger partial charge in [-0.2, -0.15) is 0 Å². The molecule has 1 amide bonds. The van der Waals surface area contributed by atoms with Crippen molar-refractivity contribution in [2.75, 3.05) is 0 Å². The first-order valence-electron chi connectivity index (χ1n) is 8.64. The average molecular weight is 317 g/mol. The molecule has 0 aromatic heterocycles. The third-order valence-corrected chi connectivity index (χ3v) is 4.44. The van der Waals surface area contributed by atoms with E-state index in [9.17, 15) is 9.59 Å². The second-order valence-corrected chi connectivity index (χ2v) is 6.42. The molecule has 0 spiro atoms. The fourth-order valence-corrected chi connectivity index (χ4v) is 2.93. The van der Waals surface area contributed by atoms with E-state index in [-0.39, 0.29) is 36.4 Å². The van der Waals surface area contributed by atoms with Gasteiger partial charge in [-0.15, -0.1) is 0 Å². The molecule has 1 heterocycles. The molecule has 126 valence electrons. The van der Waals surface area contributed by atoms with E-state index >= 15 is 0 Å². The zero-order chi connectivity index (χ0) is 16.7. The van der Waals surface area contributed by atoms with Crippen molar-refractivity contribution in [3.05, 3.63) is 35.9 Å². The molecule has 0 saturated carbocycles. The summed E-state index contributed by atoms with van der Waals surface area (Å²) in [5.41, 5.74) is 1.22. The Morgan fingerprint density at radius 2 is 2.09 bits per heavy atom. The summed E-state index contributed by atoms with van der Waals surface area (Å²) in [6.07, 6.45) is 4.67. The quantitative estimate of drug-likeness (QED) is 0.749. The van der Waals surface area contributed by atoms with E-state index in [1.54, 1.807) is 0 Å². The van der Waals surface area contributed by atoms with Crippen molar-refractivity contribution in [1.29, 1.82) is 0 Å². The van der Waals surface area contributed by atoms with E-state index in [4.69, 9.17) is 4.74 Å². The van der Waals surface area contributed by atoms with Gasteiger partial charge in [0.2, 0.25) is 5.91 Å². The number of amides is 1. The Balaban J connectivity index is 1.86. The maximum atomic E-state index is 12.3. The largest absolute Gasteiger partial charge is 0.460 e. The summed E-state index contributed by atoms with van der Waals surface area (Å²) in [5.74, 6) is -0.193. The van der Waals surface area contributed by atoms with Gasteiger partial charge in [-0.25, -0.2) is 0 Å². The maximum absolute atomic E-state index is 12.3. The van der Waals surface area contributed by atoms with Crippen molar-refractivity contribution in [2.45, 2.75) is 64.5 Å². The first-order valence-corrected chi connectivity index (χ1v) is 8.64. The predicted molar refractivity (Wildman–Crippen MR) is 89.9 cm³/mol. The number of unbranched alkanes of at least 4 members (excludes halogenated alkanes) is 1. The summed E-state index contributed by atoms with van der Waals surface area (Å²) in [7, 11) is 0. The molecule has 1 aliphatic heterocycles. The van der Waals surface area contributed by atoms with Crippen LogP contribution in [0.2, 0.25) is 0 Å². The normalized spacial score (nSPS) is 21.7. The lowest BCUT2D eigenvalue weighted by Gasteiger charge is -2.21. The van der Waals surface area contributed by atoms with Crippen molar-refractivity contribution < 1.29 is 14.3 Å². The van der Waals surface area contributed by atoms with Crippen LogP contribution in [0.1, 0.15) is 51.5 Å². The summed E-state index contributed by atoms with van der Waals surface area (Å²) < 4.78 is 5.40. The Morgan fingerprint density at radius 1 is 1.35 bits per heavy atom. The summed E-state index contributed by atoms with van der Waals surface area (Å²) in [5, 5.41) is 3.02. The fraction of sp³-hybridized carbons (Fsp3) is 0.579. The molecule has 4 nitrogen and oxygen atoms in total. The molecule has 1 saturated heterocycles. The van der Waals surface area contributed by atoms with Gasteiger partial charge < -0.3 is 10.1 Å². The molecule has 23 heavy (non-hydrogen) atoms. The molecule has 1 unspecified atom stereocenters. The predicted octanol–water partition coefficient (Wildman–Crippen LogP) is 3.25. The first-order chi connectivity index (χ1) is 11.1. The molecule has 1 aromatic rings. The van der Waals surface area contributed by atoms with Crippen LogP contribution >= 0.6 is 0 Å². The lowest BCUT2D eigenvalue weighted by Crippen LogP contribution is -2.43. The van der Waals surface area contributed by atoms with Gasteiger partial charge in [0, 0.05) is 5.92 Å². The standard InChI is InChI=1S/C19H27NO3/c1-3-4-8-14(2)19(22)20-16-13-18(21)23-17(16)12-11-15-9-6-5-7-10-15/h5-7,9-10,14,16-17H,3-4,8,11-13H2,1-2H3,(H,20,22)/t14-,16-,17?/m0/s1. The van der Waals surface area contributed by atoms with Gasteiger partial charge in [0.15, 0.2) is 0 Å². The van der Waals surface area contributed by atoms with Crippen LogP contribution in [-0.2, 0) is 20.7 Å². The number of rotatable bonds is 8. The monoisotopic (exact) mass is 317 g/mol. The lowest BCUT2D eigenvalue weighted by atomic mass is 9.99. The fourth-order valence-electron chi connectivity index (χ4n) is 2.93. The Labute approximate surface area is 138 Å². The van der Waals surface area contributed by atoms with Gasteiger partial charge in [0.1, 0.15) is 6.10 Å². The number of carbonyl (C=O) groups excluding carboxylic acids is 2. The second-order valence-electron chi connectivity index (χ2n) is 6.42. The molecule has 1 aromatic carbocycles. The molecule has 0 bridgehead atoms. The van der Waals surface area contributed by atoms with E-state index in [1.165, 1.54) is 5.56 Å². The first kappa shape index (κ1) is 17.5. The van der Waals surface area contributed by atoms with Crippen LogP contribution in [0.15, 0.2) is 30.3 Å². The Morgan fingerprint density at radius 3 is 2.78 bits per heavy atom. The van der Waals surface area contributed by atoms with E-state index in [0.29, 0.717) is 0 Å². The third-order valence-electron chi connectivity index (χ3n) is 4.44. The summed E-state index contributed by atoms with van der Waals surface area (Å²) >= 11 is 0. The number of cyclic esters (lactones) is 1. The molecule has 1 N–H and O–H groups in total. The smallest absolute Gasteiger partial charge is 0.308 e. The number of hydrogen-bond donors (Lipinski definition) is 1. The van der Waals surface area contributed by atoms with Crippen LogP contribution in [0.25, 0.3) is 0 Å². The van der Waals surface area contributed by atoms with E-state index in [0.717, 1.165) is 32.1 Å². The minimum atomic E-state index is -0.218. The van der Waals surface area contributed by atoms with Crippen molar-refractivity contribution in [3.8, 4) is 0 Å². The van der Waals surface area contributed by atoms with E-state index in [1.807, 2.05) is 25.1 Å². The molecule has 4 heteroatoms. The Kier molecular flexibility index (Phi) is 6.63. The molecule has 2 rings (SSSR count). The molecule has 1 fully saturated rings. The van der Waals surface area contributed by atoms with Crippen molar-refractivity contribution in [3.63, 3.8) is 0 Å². The molecule has 0 aliphatic carbocycles. The van der Waals surface area contributed by atoms with Gasteiger partial charge in [0.05, 0.1) is 12.5 Å². The van der Waals surface area contributed by atoms with Gasteiger partial charge in [-0.05, 0) is 24.8 Å². The van der Waals surface area contributed by atoms with Crippen molar-refractivity contribution >= 4 is 11.9 Å². The van der Waals surface area contributed by atoms with Crippen molar-refractivity contribution in [2.24, 2.45) is 5.92 Å². The Hall–Kier alpha value is -1.84. The SMILES string of the molecule is CCCC[C@H](C)C(=O)N[C@H]1CC(=O)OC1CCc1ccccc1. The zero-order valence-electron chi connectivity index (χ0n) is 14.1. The van der Waals surface area contributed by atoms with Gasteiger partial charge >= 0.3 is 5.97 Å². The molecular weight excluding hydrogens is 290 g/mol. The Bertz CT molecular complexity index is 515. The summed E-state index contributed by atoms with van der Waals surface area (Å²) in [6.45, 7) is 4.06. The van der Waals surface area contributed by atoms with Crippen LogP contribution in [0.3, 0.4) is 0 Å². The number of hydrogen-bond acceptors (Lipinski definition) is 3. The number of benzene rings is 1. The van der Waals surface area contributed by atoms with Crippen LogP contribution in [0, 0.1) is 5.92 Å².